The van der Waals surface area contributed by atoms with Crippen molar-refractivity contribution < 1.29 is 14.0 Å². The molecule has 1 aliphatic heterocycles. The van der Waals surface area contributed by atoms with Crippen LogP contribution in [0.25, 0.3) is 0 Å². The maximum absolute atomic E-state index is 14.2. The minimum atomic E-state index is -0.799. The Labute approximate surface area is 177 Å². The van der Waals surface area contributed by atoms with Gasteiger partial charge in [0.1, 0.15) is 11.4 Å². The molecular weight excluding hydrogens is 385 g/mol. The van der Waals surface area contributed by atoms with Crippen LogP contribution in [0.2, 0.25) is 0 Å². The number of carbonyl (C=O) groups is 2. The van der Waals surface area contributed by atoms with Crippen molar-refractivity contribution in [3.05, 3.63) is 35.6 Å². The SMILES string of the molecule is CCNC(=NCC1(c2ccccc2F)CC1)NCCCN1C(=O)NC(C)(CC)C1=O. The predicted molar refractivity (Wildman–Crippen MR) is 115 cm³/mol. The topological polar surface area (TPSA) is 85.8 Å². The number of rotatable bonds is 9. The first-order chi connectivity index (χ1) is 14.3. The van der Waals surface area contributed by atoms with Crippen molar-refractivity contribution in [3.63, 3.8) is 0 Å². The molecule has 1 saturated heterocycles. The van der Waals surface area contributed by atoms with Gasteiger partial charge in [0.2, 0.25) is 0 Å². The van der Waals surface area contributed by atoms with E-state index < -0.39 is 5.54 Å². The summed E-state index contributed by atoms with van der Waals surface area (Å²) in [7, 11) is 0. The molecule has 3 rings (SSSR count). The lowest BCUT2D eigenvalue weighted by Gasteiger charge is -2.19. The number of aliphatic imine (C=N–C) groups is 1. The van der Waals surface area contributed by atoms with E-state index in [1.165, 1.54) is 11.0 Å². The van der Waals surface area contributed by atoms with Crippen LogP contribution in [0.5, 0.6) is 0 Å². The average Bonchev–Trinajstić information content (AvgIpc) is 3.48. The molecule has 0 bridgehead atoms. The van der Waals surface area contributed by atoms with Gasteiger partial charge in [-0.05, 0) is 51.2 Å². The number of guanidine groups is 1. The molecular formula is C22H32FN5O2. The molecule has 1 heterocycles. The van der Waals surface area contributed by atoms with Gasteiger partial charge in [0.05, 0.1) is 6.54 Å². The number of benzene rings is 1. The molecule has 1 saturated carbocycles. The van der Waals surface area contributed by atoms with Gasteiger partial charge in [-0.2, -0.15) is 0 Å². The number of halogens is 1. The van der Waals surface area contributed by atoms with Crippen LogP contribution in [0.3, 0.4) is 0 Å². The van der Waals surface area contributed by atoms with E-state index in [0.29, 0.717) is 45.0 Å². The standard InChI is InChI=1S/C22H32FN5O2/c1-4-21(3)18(29)28(20(30)27-21)14-8-13-25-19(24-5-2)26-15-22(11-12-22)16-9-6-7-10-17(16)23/h6-7,9-10H,4-5,8,11-15H2,1-3H3,(H,27,30)(H2,24,25,26). The summed E-state index contributed by atoms with van der Waals surface area (Å²) in [6.07, 6.45) is 3.04. The van der Waals surface area contributed by atoms with Gasteiger partial charge in [0.15, 0.2) is 5.96 Å². The van der Waals surface area contributed by atoms with Gasteiger partial charge in [-0.1, -0.05) is 25.1 Å². The molecule has 30 heavy (non-hydrogen) atoms. The van der Waals surface area contributed by atoms with Gasteiger partial charge >= 0.3 is 6.03 Å². The second-order valence-electron chi connectivity index (χ2n) is 8.31. The number of urea groups is 1. The minimum absolute atomic E-state index is 0.170. The Hall–Kier alpha value is -2.64. The first-order valence-corrected chi connectivity index (χ1v) is 10.8. The Morgan fingerprint density at radius 1 is 1.23 bits per heavy atom. The number of hydrogen-bond acceptors (Lipinski definition) is 3. The first-order valence-electron chi connectivity index (χ1n) is 10.8. The molecule has 1 atom stereocenters. The lowest BCUT2D eigenvalue weighted by Crippen LogP contribution is -2.43. The molecule has 8 heteroatoms. The van der Waals surface area contributed by atoms with E-state index in [0.717, 1.165) is 18.4 Å². The van der Waals surface area contributed by atoms with Crippen LogP contribution in [-0.2, 0) is 10.2 Å². The summed E-state index contributed by atoms with van der Waals surface area (Å²) < 4.78 is 14.2. The molecule has 2 fully saturated rings. The lowest BCUT2D eigenvalue weighted by atomic mass is 9.95. The molecule has 164 valence electrons. The van der Waals surface area contributed by atoms with E-state index in [1.807, 2.05) is 26.0 Å². The molecule has 1 unspecified atom stereocenters. The van der Waals surface area contributed by atoms with Crippen molar-refractivity contribution in [1.29, 1.82) is 0 Å². The van der Waals surface area contributed by atoms with E-state index in [4.69, 9.17) is 0 Å². The molecule has 0 radical (unpaired) electrons. The Morgan fingerprint density at radius 2 is 1.97 bits per heavy atom. The Balaban J connectivity index is 1.52. The summed E-state index contributed by atoms with van der Waals surface area (Å²) in [5.41, 5.74) is -0.271. The van der Waals surface area contributed by atoms with Crippen molar-refractivity contribution in [2.45, 2.75) is 57.4 Å². The molecule has 3 amide bonds. The molecule has 1 aromatic carbocycles. The summed E-state index contributed by atoms with van der Waals surface area (Å²) in [6, 6.07) is 6.59. The fraction of sp³-hybridized carbons (Fsp3) is 0.591. The normalized spacial score (nSPS) is 22.8. The zero-order valence-corrected chi connectivity index (χ0v) is 18.1. The second-order valence-corrected chi connectivity index (χ2v) is 8.31. The van der Waals surface area contributed by atoms with Crippen LogP contribution in [0.15, 0.2) is 29.3 Å². The second kappa shape index (κ2) is 9.02. The maximum Gasteiger partial charge on any atom is 0.325 e. The third kappa shape index (κ3) is 4.57. The highest BCUT2D eigenvalue weighted by Gasteiger charge is 2.46. The quantitative estimate of drug-likeness (QED) is 0.249. The molecule has 1 aromatic rings. The minimum Gasteiger partial charge on any atom is -0.357 e. The van der Waals surface area contributed by atoms with Crippen LogP contribution < -0.4 is 16.0 Å². The van der Waals surface area contributed by atoms with Gasteiger partial charge in [0.25, 0.3) is 5.91 Å². The molecule has 1 aliphatic carbocycles. The van der Waals surface area contributed by atoms with Crippen molar-refractivity contribution in [3.8, 4) is 0 Å². The zero-order chi connectivity index (χ0) is 21.8. The smallest absolute Gasteiger partial charge is 0.325 e. The van der Waals surface area contributed by atoms with Crippen LogP contribution >= 0.6 is 0 Å². The summed E-state index contributed by atoms with van der Waals surface area (Å²) >= 11 is 0. The first kappa shape index (κ1) is 22.1. The third-order valence-electron chi connectivity index (χ3n) is 6.09. The van der Waals surface area contributed by atoms with Gasteiger partial charge in [0, 0.05) is 25.0 Å². The highest BCUT2D eigenvalue weighted by Crippen LogP contribution is 2.49. The average molecular weight is 418 g/mol. The summed E-state index contributed by atoms with van der Waals surface area (Å²) in [5.74, 6) is 0.322. The Bertz CT molecular complexity index is 824. The number of nitrogens with zero attached hydrogens (tertiary/aromatic N) is 2. The third-order valence-corrected chi connectivity index (χ3v) is 6.09. The highest BCUT2D eigenvalue weighted by molar-refractivity contribution is 6.06. The molecule has 7 nitrogen and oxygen atoms in total. The molecule has 2 aliphatic rings. The number of nitrogens with one attached hydrogen (secondary N) is 3. The number of hydrogen-bond donors (Lipinski definition) is 3. The highest BCUT2D eigenvalue weighted by atomic mass is 19.1. The van der Waals surface area contributed by atoms with E-state index in [-0.39, 0.29) is 23.2 Å². The fourth-order valence-electron chi connectivity index (χ4n) is 3.76. The van der Waals surface area contributed by atoms with Crippen LogP contribution in [0.4, 0.5) is 9.18 Å². The number of amides is 3. The monoisotopic (exact) mass is 417 g/mol. The Kier molecular flexibility index (Phi) is 6.63. The summed E-state index contributed by atoms with van der Waals surface area (Å²) in [4.78, 5) is 30.5. The van der Waals surface area contributed by atoms with Crippen molar-refractivity contribution in [2.75, 3.05) is 26.2 Å². The van der Waals surface area contributed by atoms with E-state index in [2.05, 4.69) is 20.9 Å². The molecule has 0 aromatic heterocycles. The van der Waals surface area contributed by atoms with Gasteiger partial charge in [-0.3, -0.25) is 14.7 Å². The number of carbonyl (C=O) groups excluding carboxylic acids is 2. The van der Waals surface area contributed by atoms with Gasteiger partial charge < -0.3 is 16.0 Å². The lowest BCUT2D eigenvalue weighted by molar-refractivity contribution is -0.130. The van der Waals surface area contributed by atoms with E-state index in [9.17, 15) is 14.0 Å². The largest absolute Gasteiger partial charge is 0.357 e. The van der Waals surface area contributed by atoms with Gasteiger partial charge in [-0.15, -0.1) is 0 Å². The van der Waals surface area contributed by atoms with Gasteiger partial charge in [-0.25, -0.2) is 9.18 Å². The van der Waals surface area contributed by atoms with E-state index in [1.54, 1.807) is 13.0 Å². The van der Waals surface area contributed by atoms with Crippen molar-refractivity contribution in [1.82, 2.24) is 20.9 Å². The maximum atomic E-state index is 14.2. The predicted octanol–water partition coefficient (Wildman–Crippen LogP) is 2.52. The van der Waals surface area contributed by atoms with Crippen LogP contribution in [0.1, 0.15) is 52.0 Å². The summed E-state index contributed by atoms with van der Waals surface area (Å²) in [5, 5.41) is 9.22. The van der Waals surface area contributed by atoms with E-state index >= 15 is 0 Å². The fourth-order valence-corrected chi connectivity index (χ4v) is 3.76. The summed E-state index contributed by atoms with van der Waals surface area (Å²) in [6.45, 7) is 7.77. The zero-order valence-electron chi connectivity index (χ0n) is 18.1. The van der Waals surface area contributed by atoms with Crippen molar-refractivity contribution in [2.24, 2.45) is 4.99 Å². The number of imide groups is 1. The van der Waals surface area contributed by atoms with Crippen LogP contribution in [-0.4, -0.2) is 54.5 Å². The molecule has 3 N–H and O–H groups in total. The molecule has 0 spiro atoms. The van der Waals surface area contributed by atoms with Crippen LogP contribution in [0, 0.1) is 5.82 Å². The van der Waals surface area contributed by atoms with Crippen molar-refractivity contribution >= 4 is 17.9 Å². The Morgan fingerprint density at radius 3 is 2.57 bits per heavy atom.